The predicted octanol–water partition coefficient (Wildman–Crippen LogP) is 7.41. The van der Waals surface area contributed by atoms with Crippen LogP contribution in [-0.2, 0) is 0 Å². The standard InChI is InChI=1S/C30H6F6N6/c1-41-29(15-7-22(33)19(12-40)23(34)8-15)28-26(16(9-37)13-3-20(31)18(11-39)21(32)4-13)27(28)17(10-38)14-5-24(35)30(42-2)25(36)6-14/h3-8H/b26-16+,27-17-,29-28-/i3D,4D,5D,6D,7D,8D. The molecule has 198 valence electrons. The van der Waals surface area contributed by atoms with Crippen LogP contribution in [0.3, 0.4) is 0 Å². The van der Waals surface area contributed by atoms with Crippen LogP contribution in [0.4, 0.5) is 32.0 Å². The third kappa shape index (κ3) is 4.59. The Balaban J connectivity index is 2.38. The van der Waals surface area contributed by atoms with Crippen LogP contribution in [0.15, 0.2) is 53.0 Å². The lowest BCUT2D eigenvalue weighted by molar-refractivity contribution is 0.575. The smallest absolute Gasteiger partial charge is 0.237 e. The Bertz CT molecular complexity index is 2080. The molecule has 0 unspecified atom stereocenters. The molecule has 0 spiro atoms. The zero-order valence-electron chi connectivity index (χ0n) is 26.0. The fourth-order valence-corrected chi connectivity index (χ4v) is 3.71. The molecule has 1 aliphatic carbocycles. The third-order valence-electron chi connectivity index (χ3n) is 5.53. The molecular weight excluding hydrogens is 558 g/mol. The van der Waals surface area contributed by atoms with E-state index in [1.165, 1.54) is 12.1 Å². The van der Waals surface area contributed by atoms with Crippen molar-refractivity contribution in [2.24, 2.45) is 0 Å². The van der Waals surface area contributed by atoms with Gasteiger partial charge >= 0.3 is 0 Å². The van der Waals surface area contributed by atoms with E-state index >= 15 is 0 Å². The van der Waals surface area contributed by atoms with Crippen LogP contribution >= 0.6 is 0 Å². The summed E-state index contributed by atoms with van der Waals surface area (Å²) in [7, 11) is 0. The molecule has 0 aromatic heterocycles. The van der Waals surface area contributed by atoms with Gasteiger partial charge in [-0.1, -0.05) is 0 Å². The average molecular weight is 570 g/mol. The van der Waals surface area contributed by atoms with E-state index in [1.807, 2.05) is 0 Å². The highest BCUT2D eigenvalue weighted by molar-refractivity contribution is 6.11. The van der Waals surface area contributed by atoms with Gasteiger partial charge in [0.2, 0.25) is 5.70 Å². The summed E-state index contributed by atoms with van der Waals surface area (Å²) >= 11 is 0. The number of rotatable bonds is 3. The molecule has 1 fully saturated rings. The van der Waals surface area contributed by atoms with Crippen molar-refractivity contribution in [3.8, 4) is 24.3 Å². The Morgan fingerprint density at radius 3 is 1.26 bits per heavy atom. The lowest BCUT2D eigenvalue weighted by Gasteiger charge is -2.03. The Morgan fingerprint density at radius 2 is 0.952 bits per heavy atom. The normalized spacial score (nSPS) is 17.1. The summed E-state index contributed by atoms with van der Waals surface area (Å²) in [5.41, 5.74) is -13.8. The van der Waals surface area contributed by atoms with Gasteiger partial charge in [-0.05, 0) is 69.7 Å². The molecule has 0 radical (unpaired) electrons. The molecule has 0 heterocycles. The van der Waals surface area contributed by atoms with E-state index in [-0.39, 0.29) is 0 Å². The first-order chi connectivity index (χ1) is 22.6. The van der Waals surface area contributed by atoms with E-state index in [4.69, 9.17) is 31.9 Å². The molecule has 0 aliphatic heterocycles. The molecule has 3 aromatic rings. The van der Waals surface area contributed by atoms with Gasteiger partial charge in [0.25, 0.3) is 5.69 Å². The second-order valence-electron chi connectivity index (χ2n) is 7.75. The molecule has 12 heteroatoms. The molecule has 1 aliphatic rings. The maximum atomic E-state index is 14.9. The minimum Gasteiger partial charge on any atom is -0.237 e. The minimum atomic E-state index is -1.86. The van der Waals surface area contributed by atoms with Gasteiger partial charge in [-0.2, -0.15) is 21.0 Å². The molecule has 0 amide bonds. The van der Waals surface area contributed by atoms with Crippen molar-refractivity contribution in [2.75, 3.05) is 0 Å². The number of benzene rings is 3. The maximum Gasteiger partial charge on any atom is 0.256 e. The highest BCUT2D eigenvalue weighted by Crippen LogP contribution is 2.56. The molecule has 0 atom stereocenters. The Labute approximate surface area is 241 Å². The molecule has 1 saturated carbocycles. The van der Waals surface area contributed by atoms with E-state index in [0.717, 1.165) is 12.1 Å². The summed E-state index contributed by atoms with van der Waals surface area (Å²) < 4.78 is 138. The average Bonchev–Trinajstić information content (AvgIpc) is 3.78. The van der Waals surface area contributed by atoms with Crippen LogP contribution < -0.4 is 0 Å². The van der Waals surface area contributed by atoms with E-state index in [1.54, 1.807) is 0 Å². The molecule has 6 nitrogen and oxygen atoms in total. The number of allylic oxidation sites excluding steroid dienone is 5. The fraction of sp³-hybridized carbons (Fsp3) is 0. The van der Waals surface area contributed by atoms with Gasteiger partial charge in [-0.15, -0.1) is 0 Å². The first-order valence-electron chi connectivity index (χ1n) is 13.7. The largest absolute Gasteiger partial charge is 0.256 e. The number of hydrogen-bond donors (Lipinski definition) is 0. The Kier molecular flexibility index (Phi) is 5.50. The quantitative estimate of drug-likeness (QED) is 0.186. The molecule has 4 rings (SSSR count). The first kappa shape index (κ1) is 21.2. The predicted molar refractivity (Wildman–Crippen MR) is 133 cm³/mol. The Morgan fingerprint density at radius 1 is 0.595 bits per heavy atom. The summed E-state index contributed by atoms with van der Waals surface area (Å²) in [4.78, 5) is 5.59. The van der Waals surface area contributed by atoms with Gasteiger partial charge < -0.3 is 0 Å². The van der Waals surface area contributed by atoms with Crippen molar-refractivity contribution >= 4 is 22.5 Å². The van der Waals surface area contributed by atoms with Crippen LogP contribution in [0.2, 0.25) is 0 Å². The summed E-state index contributed by atoms with van der Waals surface area (Å²) in [6, 6.07) is -3.62. The van der Waals surface area contributed by atoms with E-state index in [2.05, 4.69) is 9.69 Å². The monoisotopic (exact) mass is 570 g/mol. The van der Waals surface area contributed by atoms with Crippen molar-refractivity contribution in [3.63, 3.8) is 0 Å². The van der Waals surface area contributed by atoms with E-state index in [0.29, 0.717) is 0 Å². The molecule has 0 saturated heterocycles. The van der Waals surface area contributed by atoms with Gasteiger partial charge in [0.15, 0.2) is 0 Å². The van der Waals surface area contributed by atoms with Crippen LogP contribution in [0.5, 0.6) is 0 Å². The zero-order valence-corrected chi connectivity index (χ0v) is 20.0. The van der Waals surface area contributed by atoms with Crippen molar-refractivity contribution in [1.29, 1.82) is 21.0 Å². The fourth-order valence-electron chi connectivity index (χ4n) is 3.71. The topological polar surface area (TPSA) is 104 Å². The summed E-state index contributed by atoms with van der Waals surface area (Å²) in [6.45, 7) is 14.7. The van der Waals surface area contributed by atoms with Crippen molar-refractivity contribution in [1.82, 2.24) is 0 Å². The summed E-state index contributed by atoms with van der Waals surface area (Å²) in [5, 5.41) is 38.4. The SMILES string of the molecule is [2H]c1c(F)c(C#N)c(F)c([2H])c1/C(C#N)=C1/C(=C(/[N+]#[C-])c2c([2H])c(F)c(C#N)c(F)c2[2H])/C1=C(/C#N)c1c([2H])c(F)c([N+]#[C-])c(F)c1[2H]. The Hall–Kier alpha value is -6.60. The van der Waals surface area contributed by atoms with E-state index in [9.17, 15) is 36.9 Å². The maximum absolute atomic E-state index is 14.9. The number of nitriles is 4. The molecule has 0 N–H and O–H groups in total. The molecule has 0 bridgehead atoms. The molecule has 42 heavy (non-hydrogen) atoms. The second kappa shape index (κ2) is 10.9. The number of hydrogen-bond acceptors (Lipinski definition) is 4. The molecular formula is C30H6F6N6. The van der Waals surface area contributed by atoms with Gasteiger partial charge in [0.1, 0.15) is 70.3 Å². The van der Waals surface area contributed by atoms with Gasteiger partial charge in [0.05, 0.1) is 32.5 Å². The van der Waals surface area contributed by atoms with Crippen molar-refractivity contribution in [2.45, 2.75) is 0 Å². The first-order valence-corrected chi connectivity index (χ1v) is 10.7. The summed E-state index contributed by atoms with van der Waals surface area (Å²) in [6.07, 6.45) is 0. The third-order valence-corrected chi connectivity index (χ3v) is 5.53. The highest BCUT2D eigenvalue weighted by Gasteiger charge is 2.41. The van der Waals surface area contributed by atoms with Gasteiger partial charge in [0, 0.05) is 0 Å². The minimum absolute atomic E-state index is 0.857. The summed E-state index contributed by atoms with van der Waals surface area (Å²) in [5.74, 6) is -11.2. The second-order valence-corrected chi connectivity index (χ2v) is 7.75. The van der Waals surface area contributed by atoms with Crippen LogP contribution in [-0.4, -0.2) is 0 Å². The van der Waals surface area contributed by atoms with Crippen LogP contribution in [0, 0.1) is 93.4 Å². The lowest BCUT2D eigenvalue weighted by Crippen LogP contribution is -1.94. The number of nitrogens with zero attached hydrogens (tertiary/aromatic N) is 6. The lowest BCUT2D eigenvalue weighted by atomic mass is 10.0. The van der Waals surface area contributed by atoms with Gasteiger partial charge in [-0.25, -0.2) is 36.0 Å². The van der Waals surface area contributed by atoms with E-state index < -0.39 is 138 Å². The van der Waals surface area contributed by atoms with Crippen molar-refractivity contribution < 1.29 is 34.6 Å². The zero-order chi connectivity index (χ0) is 36.1. The van der Waals surface area contributed by atoms with Crippen molar-refractivity contribution in [3.05, 3.63) is 139 Å². The van der Waals surface area contributed by atoms with Crippen LogP contribution in [0.1, 0.15) is 36.0 Å². The van der Waals surface area contributed by atoms with Crippen LogP contribution in [0.25, 0.3) is 26.5 Å². The highest BCUT2D eigenvalue weighted by atomic mass is 19.2. The molecule has 3 aromatic carbocycles. The van der Waals surface area contributed by atoms with Gasteiger partial charge in [-0.3, -0.25) is 0 Å². The number of halogens is 6.